The number of rotatable bonds is 10. The van der Waals surface area contributed by atoms with Crippen molar-refractivity contribution in [1.82, 2.24) is 9.97 Å². The van der Waals surface area contributed by atoms with E-state index in [1.54, 1.807) is 0 Å². The Morgan fingerprint density at radius 2 is 2.10 bits per heavy atom. The average molecular weight is 406 g/mol. The van der Waals surface area contributed by atoms with Crippen LogP contribution < -0.4 is 4.74 Å². The molecule has 2 N–H and O–H groups in total. The fraction of sp³-hybridized carbons (Fsp3) is 0.500. The molecule has 4 nitrogen and oxygen atoms in total. The van der Waals surface area contributed by atoms with E-state index in [4.69, 9.17) is 9.73 Å². The summed E-state index contributed by atoms with van der Waals surface area (Å²) >= 11 is 0. The van der Waals surface area contributed by atoms with Gasteiger partial charge in [-0.3, -0.25) is 4.99 Å². The van der Waals surface area contributed by atoms with Crippen LogP contribution in [0.2, 0.25) is 0 Å². The first-order valence-corrected chi connectivity index (χ1v) is 11.8. The Hall–Kier alpha value is -2.49. The zero-order valence-corrected chi connectivity index (χ0v) is 18.5. The molecule has 160 valence electrons. The number of aromatic nitrogens is 2. The summed E-state index contributed by atoms with van der Waals surface area (Å²) in [5.74, 6) is 1.59. The standard InChI is InChI=1S/C26H35N3O/c1-3-5-6-7-10-19-11-8-12-22-21(19)16-20(28-22)17-25-26(30-15-4-2)18-24(29-25)23-13-9-14-27-23/h9,13-14,16-19,27,29H,3-8,10-12,15H2,1-2H3/b20-17-. The summed E-state index contributed by atoms with van der Waals surface area (Å²) in [6, 6.07) is 6.17. The maximum absolute atomic E-state index is 6.03. The van der Waals surface area contributed by atoms with Crippen molar-refractivity contribution in [2.45, 2.75) is 71.6 Å². The van der Waals surface area contributed by atoms with Crippen LogP contribution in [0, 0.1) is 5.92 Å². The quantitative estimate of drug-likeness (QED) is 0.401. The highest BCUT2D eigenvalue weighted by Crippen LogP contribution is 2.37. The van der Waals surface area contributed by atoms with Crippen molar-refractivity contribution in [3.8, 4) is 17.1 Å². The Balaban J connectivity index is 1.55. The third kappa shape index (κ3) is 4.80. The molecule has 1 aliphatic heterocycles. The Kier molecular flexibility index (Phi) is 6.93. The van der Waals surface area contributed by atoms with Crippen LogP contribution in [0.4, 0.5) is 0 Å². The van der Waals surface area contributed by atoms with E-state index in [-0.39, 0.29) is 0 Å². The molecule has 1 fully saturated rings. The van der Waals surface area contributed by atoms with Crippen molar-refractivity contribution in [1.29, 1.82) is 0 Å². The molecule has 0 bridgehead atoms. The molecule has 0 amide bonds. The smallest absolute Gasteiger partial charge is 0.144 e. The van der Waals surface area contributed by atoms with Gasteiger partial charge in [-0.25, -0.2) is 0 Å². The summed E-state index contributed by atoms with van der Waals surface area (Å²) in [6.07, 6.45) is 17.8. The van der Waals surface area contributed by atoms with Gasteiger partial charge >= 0.3 is 0 Å². The van der Waals surface area contributed by atoms with Gasteiger partial charge in [-0.05, 0) is 67.9 Å². The minimum atomic E-state index is 0.689. The number of nitrogens with one attached hydrogen (secondary N) is 2. The number of unbranched alkanes of at least 4 members (excludes halogenated alkanes) is 3. The molecule has 1 unspecified atom stereocenters. The molecule has 4 rings (SSSR count). The number of hydrogen-bond donors (Lipinski definition) is 2. The van der Waals surface area contributed by atoms with Crippen molar-refractivity contribution in [3.63, 3.8) is 0 Å². The van der Waals surface area contributed by atoms with Crippen LogP contribution in [-0.4, -0.2) is 22.3 Å². The lowest BCUT2D eigenvalue weighted by Gasteiger charge is -2.24. The van der Waals surface area contributed by atoms with Crippen molar-refractivity contribution in [3.05, 3.63) is 47.4 Å². The Morgan fingerprint density at radius 3 is 2.90 bits per heavy atom. The van der Waals surface area contributed by atoms with Gasteiger partial charge < -0.3 is 14.7 Å². The number of allylic oxidation sites excluding steroid dienone is 2. The van der Waals surface area contributed by atoms with E-state index in [0.717, 1.165) is 41.4 Å². The van der Waals surface area contributed by atoms with Crippen LogP contribution in [0.25, 0.3) is 17.5 Å². The summed E-state index contributed by atoms with van der Waals surface area (Å²) in [4.78, 5) is 11.8. The highest BCUT2D eigenvalue weighted by Gasteiger charge is 2.27. The molecular weight excluding hydrogens is 370 g/mol. The Bertz CT molecular complexity index is 914. The molecule has 0 saturated heterocycles. The maximum atomic E-state index is 6.03. The molecule has 1 atom stereocenters. The number of H-pyrrole nitrogens is 2. The molecule has 1 aliphatic carbocycles. The number of aliphatic imine (C=N–C) groups is 1. The first kappa shape index (κ1) is 20.8. The summed E-state index contributed by atoms with van der Waals surface area (Å²) in [5.41, 5.74) is 6.99. The third-order valence-electron chi connectivity index (χ3n) is 6.17. The highest BCUT2D eigenvalue weighted by molar-refractivity contribution is 6.05. The molecule has 0 spiro atoms. The normalized spacial score (nSPS) is 19.7. The van der Waals surface area contributed by atoms with Crippen LogP contribution in [0.5, 0.6) is 5.75 Å². The highest BCUT2D eigenvalue weighted by atomic mass is 16.5. The van der Waals surface area contributed by atoms with Crippen LogP contribution >= 0.6 is 0 Å². The first-order chi connectivity index (χ1) is 14.8. The van der Waals surface area contributed by atoms with Gasteiger partial charge in [0.1, 0.15) is 5.75 Å². The Morgan fingerprint density at radius 1 is 1.17 bits per heavy atom. The van der Waals surface area contributed by atoms with Gasteiger partial charge in [0.25, 0.3) is 0 Å². The zero-order valence-electron chi connectivity index (χ0n) is 18.5. The Labute approximate surface area is 180 Å². The summed E-state index contributed by atoms with van der Waals surface area (Å²) in [6.45, 7) is 5.13. The van der Waals surface area contributed by atoms with Gasteiger partial charge in [0, 0.05) is 18.0 Å². The molecular formula is C26H35N3O. The van der Waals surface area contributed by atoms with Crippen LogP contribution in [0.3, 0.4) is 0 Å². The predicted octanol–water partition coefficient (Wildman–Crippen LogP) is 7.29. The lowest BCUT2D eigenvalue weighted by Crippen LogP contribution is -2.17. The molecule has 2 aliphatic rings. The lowest BCUT2D eigenvalue weighted by atomic mass is 9.80. The number of nitrogens with zero attached hydrogens (tertiary/aromatic N) is 1. The topological polar surface area (TPSA) is 53.2 Å². The summed E-state index contributed by atoms with van der Waals surface area (Å²) in [5, 5.41) is 0. The van der Waals surface area contributed by atoms with E-state index in [9.17, 15) is 0 Å². The average Bonchev–Trinajstić information content (AvgIpc) is 3.49. The van der Waals surface area contributed by atoms with Crippen LogP contribution in [0.15, 0.2) is 46.7 Å². The summed E-state index contributed by atoms with van der Waals surface area (Å²) < 4.78 is 6.03. The number of ether oxygens (including phenoxy) is 1. The number of fused-ring (bicyclic) bond motifs is 1. The van der Waals surface area contributed by atoms with Crippen molar-refractivity contribution in [2.24, 2.45) is 10.9 Å². The molecule has 1 saturated carbocycles. The van der Waals surface area contributed by atoms with Crippen LogP contribution in [0.1, 0.15) is 77.3 Å². The van der Waals surface area contributed by atoms with Gasteiger partial charge in [-0.15, -0.1) is 0 Å². The van der Waals surface area contributed by atoms with E-state index in [2.05, 4.69) is 48.1 Å². The molecule has 2 aromatic rings. The largest absolute Gasteiger partial charge is 0.491 e. The molecule has 2 aromatic heterocycles. The lowest BCUT2D eigenvalue weighted by molar-refractivity contribution is 0.317. The minimum Gasteiger partial charge on any atom is -0.491 e. The second-order valence-corrected chi connectivity index (χ2v) is 8.56. The third-order valence-corrected chi connectivity index (χ3v) is 6.17. The fourth-order valence-corrected chi connectivity index (χ4v) is 4.59. The van der Waals surface area contributed by atoms with E-state index < -0.39 is 0 Å². The molecule has 3 heterocycles. The molecule has 0 radical (unpaired) electrons. The van der Waals surface area contributed by atoms with Gasteiger partial charge in [0.15, 0.2) is 0 Å². The van der Waals surface area contributed by atoms with E-state index in [0.29, 0.717) is 12.5 Å². The first-order valence-electron chi connectivity index (χ1n) is 11.8. The van der Waals surface area contributed by atoms with Crippen LogP contribution in [-0.2, 0) is 0 Å². The summed E-state index contributed by atoms with van der Waals surface area (Å²) in [7, 11) is 0. The molecule has 0 aromatic carbocycles. The van der Waals surface area contributed by atoms with Gasteiger partial charge in [0.05, 0.1) is 29.4 Å². The van der Waals surface area contributed by atoms with Crippen molar-refractivity contribution < 1.29 is 4.74 Å². The van der Waals surface area contributed by atoms with Gasteiger partial charge in [-0.1, -0.05) is 39.5 Å². The van der Waals surface area contributed by atoms with Crippen molar-refractivity contribution in [2.75, 3.05) is 6.61 Å². The second kappa shape index (κ2) is 10.0. The van der Waals surface area contributed by atoms with E-state index in [1.165, 1.54) is 56.2 Å². The molecule has 30 heavy (non-hydrogen) atoms. The number of hydrogen-bond acceptors (Lipinski definition) is 2. The monoisotopic (exact) mass is 405 g/mol. The van der Waals surface area contributed by atoms with E-state index >= 15 is 0 Å². The van der Waals surface area contributed by atoms with Gasteiger partial charge in [0.2, 0.25) is 0 Å². The predicted molar refractivity (Wildman–Crippen MR) is 126 cm³/mol. The van der Waals surface area contributed by atoms with Crippen molar-refractivity contribution >= 4 is 11.8 Å². The second-order valence-electron chi connectivity index (χ2n) is 8.56. The van der Waals surface area contributed by atoms with E-state index in [1.807, 2.05) is 12.3 Å². The minimum absolute atomic E-state index is 0.689. The zero-order chi connectivity index (χ0) is 20.8. The molecule has 4 heteroatoms. The fourth-order valence-electron chi connectivity index (χ4n) is 4.59. The number of aromatic amines is 2. The maximum Gasteiger partial charge on any atom is 0.144 e. The van der Waals surface area contributed by atoms with Gasteiger partial charge in [-0.2, -0.15) is 0 Å². The SMILES string of the molecule is CCCCCCC1CCCC2=N/C(=C\c3[nH]c(-c4ccc[nH]4)cc3OCCC)C=C21.